The highest BCUT2D eigenvalue weighted by atomic mass is 32.1. The molecule has 0 aromatic carbocycles. The molecule has 1 amide bonds. The van der Waals surface area contributed by atoms with Crippen LogP contribution in [-0.4, -0.2) is 23.9 Å². The molecule has 0 saturated heterocycles. The summed E-state index contributed by atoms with van der Waals surface area (Å²) in [5, 5.41) is 2.04. The molecule has 17 heavy (non-hydrogen) atoms. The summed E-state index contributed by atoms with van der Waals surface area (Å²) in [6, 6.07) is 4.09. The average molecular weight is 254 g/mol. The van der Waals surface area contributed by atoms with Crippen LogP contribution in [0.2, 0.25) is 0 Å². The van der Waals surface area contributed by atoms with Gasteiger partial charge in [-0.3, -0.25) is 4.79 Å². The highest BCUT2D eigenvalue weighted by Gasteiger charge is 2.16. The Morgan fingerprint density at radius 1 is 1.53 bits per heavy atom. The Morgan fingerprint density at radius 3 is 2.76 bits per heavy atom. The van der Waals surface area contributed by atoms with Crippen molar-refractivity contribution in [3.8, 4) is 0 Å². The van der Waals surface area contributed by atoms with Crippen molar-refractivity contribution in [1.82, 2.24) is 4.90 Å². The Balaban J connectivity index is 2.52. The molecule has 1 rings (SSSR count). The molecule has 0 spiro atoms. The van der Waals surface area contributed by atoms with Crippen molar-refractivity contribution >= 4 is 17.2 Å². The molecule has 0 bridgehead atoms. The third kappa shape index (κ3) is 4.48. The van der Waals surface area contributed by atoms with Crippen LogP contribution >= 0.6 is 11.3 Å². The number of carbonyl (C=O) groups is 1. The fourth-order valence-electron chi connectivity index (χ4n) is 1.74. The molecule has 1 unspecified atom stereocenters. The molecule has 96 valence electrons. The molecular weight excluding hydrogens is 232 g/mol. The van der Waals surface area contributed by atoms with Crippen LogP contribution < -0.4 is 5.73 Å². The zero-order valence-electron chi connectivity index (χ0n) is 10.7. The topological polar surface area (TPSA) is 46.3 Å². The van der Waals surface area contributed by atoms with Crippen LogP contribution in [0.5, 0.6) is 0 Å². The molecule has 1 aromatic heterocycles. The maximum Gasteiger partial charge on any atom is 0.223 e. The van der Waals surface area contributed by atoms with Crippen LogP contribution in [0, 0.1) is 5.92 Å². The molecule has 0 radical (unpaired) electrons. The first-order valence-corrected chi connectivity index (χ1v) is 7.09. The monoisotopic (exact) mass is 254 g/mol. The lowest BCUT2D eigenvalue weighted by Gasteiger charge is -2.22. The van der Waals surface area contributed by atoms with Gasteiger partial charge in [0.05, 0.1) is 6.54 Å². The van der Waals surface area contributed by atoms with Crippen LogP contribution in [0.25, 0.3) is 0 Å². The smallest absolute Gasteiger partial charge is 0.223 e. The Morgan fingerprint density at radius 2 is 2.29 bits per heavy atom. The molecule has 1 aromatic rings. The largest absolute Gasteiger partial charge is 0.338 e. The molecule has 1 atom stereocenters. The number of amides is 1. The van der Waals surface area contributed by atoms with Crippen molar-refractivity contribution in [3.05, 3.63) is 22.4 Å². The Hall–Kier alpha value is -0.870. The molecule has 4 heteroatoms. The normalized spacial score (nSPS) is 12.4. The van der Waals surface area contributed by atoms with Crippen LogP contribution in [0.15, 0.2) is 17.5 Å². The van der Waals surface area contributed by atoms with Gasteiger partial charge in [-0.1, -0.05) is 19.4 Å². The first kappa shape index (κ1) is 14.2. The summed E-state index contributed by atoms with van der Waals surface area (Å²) in [6.45, 7) is 6.19. The standard InChI is InChI=1S/C13H22N2OS/c1-3-11(9-14)8-13(16)15(4-2)10-12-6-5-7-17-12/h5-7,11H,3-4,8-10,14H2,1-2H3. The van der Waals surface area contributed by atoms with Gasteiger partial charge in [0.1, 0.15) is 0 Å². The van der Waals surface area contributed by atoms with E-state index >= 15 is 0 Å². The van der Waals surface area contributed by atoms with Gasteiger partial charge in [0, 0.05) is 17.8 Å². The second kappa shape index (κ2) is 7.45. The van der Waals surface area contributed by atoms with E-state index in [2.05, 4.69) is 13.0 Å². The van der Waals surface area contributed by atoms with E-state index in [9.17, 15) is 4.79 Å². The second-order valence-electron chi connectivity index (χ2n) is 4.20. The number of carbonyl (C=O) groups excluding carboxylic acids is 1. The molecule has 0 saturated carbocycles. The molecule has 0 aliphatic rings. The summed E-state index contributed by atoms with van der Waals surface area (Å²) in [6.07, 6.45) is 1.55. The summed E-state index contributed by atoms with van der Waals surface area (Å²) in [4.78, 5) is 15.2. The van der Waals surface area contributed by atoms with E-state index in [1.165, 1.54) is 4.88 Å². The zero-order valence-corrected chi connectivity index (χ0v) is 11.5. The minimum Gasteiger partial charge on any atom is -0.338 e. The Bertz CT molecular complexity index is 320. The summed E-state index contributed by atoms with van der Waals surface area (Å²) in [7, 11) is 0. The van der Waals surface area contributed by atoms with Gasteiger partial charge >= 0.3 is 0 Å². The van der Waals surface area contributed by atoms with Crippen molar-refractivity contribution in [1.29, 1.82) is 0 Å². The highest BCUT2D eigenvalue weighted by molar-refractivity contribution is 7.09. The maximum atomic E-state index is 12.1. The fourth-order valence-corrected chi connectivity index (χ4v) is 2.46. The highest BCUT2D eigenvalue weighted by Crippen LogP contribution is 2.14. The van der Waals surface area contributed by atoms with Gasteiger partial charge in [-0.05, 0) is 30.8 Å². The Kier molecular flexibility index (Phi) is 6.22. The summed E-state index contributed by atoms with van der Waals surface area (Å²) >= 11 is 1.70. The number of nitrogens with two attached hydrogens (primary N) is 1. The molecule has 3 nitrogen and oxygen atoms in total. The van der Waals surface area contributed by atoms with Gasteiger partial charge in [-0.2, -0.15) is 0 Å². The lowest BCUT2D eigenvalue weighted by atomic mass is 10.0. The minimum atomic E-state index is 0.221. The zero-order chi connectivity index (χ0) is 12.7. The quantitative estimate of drug-likeness (QED) is 0.812. The van der Waals surface area contributed by atoms with E-state index in [0.717, 1.165) is 19.5 Å². The van der Waals surface area contributed by atoms with Crippen molar-refractivity contribution in [2.45, 2.75) is 33.2 Å². The van der Waals surface area contributed by atoms with Crippen molar-refractivity contribution in [3.63, 3.8) is 0 Å². The van der Waals surface area contributed by atoms with Gasteiger partial charge in [0.15, 0.2) is 0 Å². The van der Waals surface area contributed by atoms with E-state index < -0.39 is 0 Å². The number of hydrogen-bond donors (Lipinski definition) is 1. The SMILES string of the molecule is CCC(CN)CC(=O)N(CC)Cc1cccs1. The maximum absolute atomic E-state index is 12.1. The van der Waals surface area contributed by atoms with Gasteiger partial charge < -0.3 is 10.6 Å². The van der Waals surface area contributed by atoms with Crippen LogP contribution in [0.3, 0.4) is 0 Å². The third-order valence-corrected chi connectivity index (χ3v) is 3.90. The first-order valence-electron chi connectivity index (χ1n) is 6.21. The number of thiophene rings is 1. The average Bonchev–Trinajstić information content (AvgIpc) is 2.85. The predicted octanol–water partition coefficient (Wildman–Crippen LogP) is 2.47. The summed E-state index contributed by atoms with van der Waals surface area (Å²) in [5.74, 6) is 0.540. The number of rotatable bonds is 7. The molecule has 0 aliphatic heterocycles. The van der Waals surface area contributed by atoms with E-state index in [1.54, 1.807) is 11.3 Å². The predicted molar refractivity (Wildman–Crippen MR) is 72.9 cm³/mol. The number of hydrogen-bond acceptors (Lipinski definition) is 3. The second-order valence-corrected chi connectivity index (χ2v) is 5.23. The van der Waals surface area contributed by atoms with Crippen molar-refractivity contribution in [2.24, 2.45) is 11.7 Å². The van der Waals surface area contributed by atoms with E-state index in [1.807, 2.05) is 23.3 Å². The number of nitrogens with zero attached hydrogens (tertiary/aromatic N) is 1. The molecule has 2 N–H and O–H groups in total. The summed E-state index contributed by atoms with van der Waals surface area (Å²) in [5.41, 5.74) is 5.64. The summed E-state index contributed by atoms with van der Waals surface area (Å²) < 4.78 is 0. The van der Waals surface area contributed by atoms with Crippen molar-refractivity contribution < 1.29 is 4.79 Å². The Labute approximate surface area is 108 Å². The van der Waals surface area contributed by atoms with Crippen LogP contribution in [-0.2, 0) is 11.3 Å². The van der Waals surface area contributed by atoms with Gasteiger partial charge in [-0.25, -0.2) is 0 Å². The molecule has 0 aliphatic carbocycles. The van der Waals surface area contributed by atoms with Crippen LogP contribution in [0.1, 0.15) is 31.6 Å². The van der Waals surface area contributed by atoms with E-state index in [-0.39, 0.29) is 5.91 Å². The van der Waals surface area contributed by atoms with E-state index in [0.29, 0.717) is 18.9 Å². The van der Waals surface area contributed by atoms with Crippen molar-refractivity contribution in [2.75, 3.05) is 13.1 Å². The fraction of sp³-hybridized carbons (Fsp3) is 0.615. The lowest BCUT2D eigenvalue weighted by Crippen LogP contribution is -2.32. The van der Waals surface area contributed by atoms with Gasteiger partial charge in [0.2, 0.25) is 5.91 Å². The van der Waals surface area contributed by atoms with Crippen LogP contribution in [0.4, 0.5) is 0 Å². The molecule has 0 fully saturated rings. The van der Waals surface area contributed by atoms with Gasteiger partial charge in [-0.15, -0.1) is 11.3 Å². The third-order valence-electron chi connectivity index (χ3n) is 3.04. The van der Waals surface area contributed by atoms with E-state index in [4.69, 9.17) is 5.73 Å². The minimum absolute atomic E-state index is 0.221. The molecular formula is C13H22N2OS. The molecule has 1 heterocycles. The first-order chi connectivity index (χ1) is 8.21. The lowest BCUT2D eigenvalue weighted by molar-refractivity contribution is -0.132. The van der Waals surface area contributed by atoms with Gasteiger partial charge in [0.25, 0.3) is 0 Å².